The van der Waals surface area contributed by atoms with Crippen LogP contribution in [0.4, 0.5) is 0 Å². The molecule has 3 rings (SSSR count). The molecule has 1 fully saturated rings. The molecule has 0 unspecified atom stereocenters. The van der Waals surface area contributed by atoms with E-state index in [4.69, 9.17) is 11.6 Å². The highest BCUT2D eigenvalue weighted by Crippen LogP contribution is 2.22. The number of β-amino-alcohol motifs (C(OH)–C–C–N with tert-alkyl or cyclic N) is 1. The van der Waals surface area contributed by atoms with Crippen LogP contribution < -0.4 is 0 Å². The molecule has 1 atom stereocenters. The van der Waals surface area contributed by atoms with E-state index in [0.717, 1.165) is 42.3 Å². The third kappa shape index (κ3) is 3.19. The average molecular weight is 320 g/mol. The normalized spacial score (nSPS) is 19.0. The van der Waals surface area contributed by atoms with Crippen LogP contribution in [0.25, 0.3) is 0 Å². The number of hydrogen-bond donors (Lipinski definition) is 1. The van der Waals surface area contributed by atoms with Gasteiger partial charge in [-0.1, -0.05) is 29.8 Å². The van der Waals surface area contributed by atoms with E-state index in [1.54, 1.807) is 0 Å². The minimum Gasteiger partial charge on any atom is -0.392 e. The minimum atomic E-state index is -0.182. The number of aryl methyl sites for hydroxylation is 1. The van der Waals surface area contributed by atoms with Crippen molar-refractivity contribution in [1.82, 2.24) is 14.7 Å². The average Bonchev–Trinajstić information content (AvgIpc) is 3.00. The topological polar surface area (TPSA) is 41.3 Å². The molecule has 4 nitrogen and oxygen atoms in total. The Morgan fingerprint density at radius 3 is 2.73 bits per heavy atom. The van der Waals surface area contributed by atoms with Crippen LogP contribution in [0.5, 0.6) is 0 Å². The predicted molar refractivity (Wildman–Crippen MR) is 88.2 cm³/mol. The summed E-state index contributed by atoms with van der Waals surface area (Å²) in [5, 5.41) is 15.1. The number of aliphatic hydroxyl groups excluding tert-OH is 1. The van der Waals surface area contributed by atoms with Crippen molar-refractivity contribution in [3.63, 3.8) is 0 Å². The van der Waals surface area contributed by atoms with Crippen LogP contribution in [0.15, 0.2) is 24.3 Å². The lowest BCUT2D eigenvalue weighted by molar-refractivity contribution is 0.174. The van der Waals surface area contributed by atoms with Gasteiger partial charge in [0.05, 0.1) is 18.3 Å². The molecule has 0 saturated carbocycles. The maximum Gasteiger partial charge on any atom is 0.0679 e. The fourth-order valence-electron chi connectivity index (χ4n) is 3.08. The summed E-state index contributed by atoms with van der Waals surface area (Å²) in [7, 11) is 0. The van der Waals surface area contributed by atoms with Crippen molar-refractivity contribution in [1.29, 1.82) is 0 Å². The molecule has 1 N–H and O–H groups in total. The Labute approximate surface area is 136 Å². The van der Waals surface area contributed by atoms with Gasteiger partial charge < -0.3 is 5.11 Å². The molecule has 1 aliphatic heterocycles. The van der Waals surface area contributed by atoms with Crippen LogP contribution in [0.1, 0.15) is 28.9 Å². The second kappa shape index (κ2) is 6.41. The van der Waals surface area contributed by atoms with Crippen LogP contribution in [0.3, 0.4) is 0 Å². The molecular weight excluding hydrogens is 298 g/mol. The second-order valence-corrected chi connectivity index (χ2v) is 6.48. The maximum absolute atomic E-state index is 9.67. The van der Waals surface area contributed by atoms with Crippen molar-refractivity contribution in [2.24, 2.45) is 0 Å². The Morgan fingerprint density at radius 1 is 1.27 bits per heavy atom. The Bertz CT molecular complexity index is 668. The third-order valence-corrected chi connectivity index (χ3v) is 4.81. The van der Waals surface area contributed by atoms with Gasteiger partial charge in [-0.15, -0.1) is 0 Å². The molecular formula is C17H22ClN3O. The first-order chi connectivity index (χ1) is 10.5. The largest absolute Gasteiger partial charge is 0.392 e. The van der Waals surface area contributed by atoms with Gasteiger partial charge in [0.1, 0.15) is 0 Å². The molecule has 0 amide bonds. The summed E-state index contributed by atoms with van der Waals surface area (Å²) in [4.78, 5) is 2.29. The lowest BCUT2D eigenvalue weighted by Crippen LogP contribution is -2.22. The van der Waals surface area contributed by atoms with E-state index >= 15 is 0 Å². The Balaban J connectivity index is 1.79. The quantitative estimate of drug-likeness (QED) is 0.942. The zero-order valence-electron chi connectivity index (χ0n) is 13.1. The first-order valence-corrected chi connectivity index (χ1v) is 8.09. The van der Waals surface area contributed by atoms with Gasteiger partial charge in [-0.25, -0.2) is 0 Å². The third-order valence-electron chi connectivity index (χ3n) is 4.44. The molecule has 0 spiro atoms. The Kier molecular flexibility index (Phi) is 4.52. The summed E-state index contributed by atoms with van der Waals surface area (Å²) in [6, 6.07) is 7.89. The molecule has 0 aliphatic carbocycles. The van der Waals surface area contributed by atoms with Crippen molar-refractivity contribution in [3.8, 4) is 0 Å². The molecule has 1 saturated heterocycles. The SMILES string of the molecule is Cc1nn(Cc2ccccc2Cl)c(C)c1CN1CC[C@@H](O)C1. The first-order valence-electron chi connectivity index (χ1n) is 7.71. The number of hydrogen-bond acceptors (Lipinski definition) is 3. The summed E-state index contributed by atoms with van der Waals surface area (Å²) in [5.74, 6) is 0. The van der Waals surface area contributed by atoms with Gasteiger partial charge in [0, 0.05) is 35.9 Å². The van der Waals surface area contributed by atoms with Crippen LogP contribution in [0.2, 0.25) is 5.02 Å². The van der Waals surface area contributed by atoms with Crippen LogP contribution in [-0.2, 0) is 13.1 Å². The van der Waals surface area contributed by atoms with Crippen LogP contribution in [0, 0.1) is 13.8 Å². The molecule has 118 valence electrons. The zero-order valence-corrected chi connectivity index (χ0v) is 13.8. The second-order valence-electron chi connectivity index (χ2n) is 6.08. The van der Waals surface area contributed by atoms with Gasteiger partial charge in [-0.05, 0) is 31.9 Å². The smallest absolute Gasteiger partial charge is 0.0679 e. The molecule has 1 aliphatic rings. The summed E-state index contributed by atoms with van der Waals surface area (Å²) in [6.07, 6.45) is 0.685. The van der Waals surface area contributed by atoms with Gasteiger partial charge in [0.2, 0.25) is 0 Å². The fraction of sp³-hybridized carbons (Fsp3) is 0.471. The standard InChI is InChI=1S/C17H22ClN3O/c1-12-16(11-20-8-7-15(22)10-20)13(2)21(19-12)9-14-5-3-4-6-17(14)18/h3-6,15,22H,7-11H2,1-2H3/t15-/m1/s1. The summed E-state index contributed by atoms with van der Waals surface area (Å²) >= 11 is 6.25. The monoisotopic (exact) mass is 319 g/mol. The summed E-state index contributed by atoms with van der Waals surface area (Å²) in [5.41, 5.74) is 4.59. The van der Waals surface area contributed by atoms with Crippen molar-refractivity contribution in [3.05, 3.63) is 51.8 Å². The molecule has 1 aromatic carbocycles. The van der Waals surface area contributed by atoms with Gasteiger partial charge in [-0.2, -0.15) is 5.10 Å². The Hall–Kier alpha value is -1.36. The lowest BCUT2D eigenvalue weighted by atomic mass is 10.2. The van der Waals surface area contributed by atoms with E-state index in [-0.39, 0.29) is 6.10 Å². The number of aromatic nitrogens is 2. The predicted octanol–water partition coefficient (Wildman–Crippen LogP) is 2.77. The Morgan fingerprint density at radius 2 is 2.05 bits per heavy atom. The highest BCUT2D eigenvalue weighted by atomic mass is 35.5. The molecule has 0 bridgehead atoms. The van der Waals surface area contributed by atoms with Crippen molar-refractivity contribution >= 4 is 11.6 Å². The lowest BCUT2D eigenvalue weighted by Gasteiger charge is -2.15. The van der Waals surface area contributed by atoms with Crippen LogP contribution >= 0.6 is 11.6 Å². The van der Waals surface area contributed by atoms with E-state index in [0.29, 0.717) is 6.54 Å². The highest BCUT2D eigenvalue weighted by Gasteiger charge is 2.22. The van der Waals surface area contributed by atoms with E-state index in [9.17, 15) is 5.11 Å². The summed E-state index contributed by atoms with van der Waals surface area (Å²) in [6.45, 7) is 7.42. The van der Waals surface area contributed by atoms with E-state index < -0.39 is 0 Å². The van der Waals surface area contributed by atoms with Gasteiger partial charge in [-0.3, -0.25) is 9.58 Å². The number of benzene rings is 1. The number of likely N-dealkylation sites (tertiary alicyclic amines) is 1. The molecule has 5 heteroatoms. The van der Waals surface area contributed by atoms with Crippen molar-refractivity contribution < 1.29 is 5.11 Å². The number of halogens is 1. The van der Waals surface area contributed by atoms with Gasteiger partial charge in [0.25, 0.3) is 0 Å². The molecule has 1 aromatic heterocycles. The molecule has 2 heterocycles. The van der Waals surface area contributed by atoms with Crippen molar-refractivity contribution in [2.75, 3.05) is 13.1 Å². The van der Waals surface area contributed by atoms with Crippen LogP contribution in [-0.4, -0.2) is 39.0 Å². The number of rotatable bonds is 4. The molecule has 2 aromatic rings. The minimum absolute atomic E-state index is 0.182. The number of nitrogens with zero attached hydrogens (tertiary/aromatic N) is 3. The van der Waals surface area contributed by atoms with E-state index in [1.165, 1.54) is 11.3 Å². The molecule has 0 radical (unpaired) electrons. The summed E-state index contributed by atoms with van der Waals surface area (Å²) < 4.78 is 2.03. The zero-order chi connectivity index (χ0) is 15.7. The first kappa shape index (κ1) is 15.5. The molecule has 22 heavy (non-hydrogen) atoms. The van der Waals surface area contributed by atoms with Gasteiger partial charge >= 0.3 is 0 Å². The highest BCUT2D eigenvalue weighted by molar-refractivity contribution is 6.31. The van der Waals surface area contributed by atoms with Crippen molar-refractivity contribution in [2.45, 2.75) is 39.5 Å². The van der Waals surface area contributed by atoms with Gasteiger partial charge in [0.15, 0.2) is 0 Å². The number of aliphatic hydroxyl groups is 1. The maximum atomic E-state index is 9.67. The van der Waals surface area contributed by atoms with E-state index in [2.05, 4.69) is 23.8 Å². The fourth-order valence-corrected chi connectivity index (χ4v) is 3.28. The van der Waals surface area contributed by atoms with E-state index in [1.807, 2.05) is 28.9 Å².